The molecule has 0 saturated carbocycles. The van der Waals surface area contributed by atoms with Gasteiger partial charge in [-0.2, -0.15) is 0 Å². The minimum atomic E-state index is -0.815. The Kier molecular flexibility index (Phi) is 6.57. The Morgan fingerprint density at radius 1 is 0.771 bits per heavy atom. The zero-order chi connectivity index (χ0) is 24.0. The van der Waals surface area contributed by atoms with Crippen molar-refractivity contribution >= 4 is 17.5 Å². The van der Waals surface area contributed by atoms with Crippen molar-refractivity contribution in [3.63, 3.8) is 0 Å². The fourth-order valence-corrected chi connectivity index (χ4v) is 4.40. The van der Waals surface area contributed by atoms with Crippen LogP contribution in [-0.2, 0) is 16.1 Å². The van der Waals surface area contributed by atoms with Gasteiger partial charge in [0.05, 0.1) is 18.2 Å². The fourth-order valence-electron chi connectivity index (χ4n) is 4.40. The Balaban J connectivity index is 1.45. The van der Waals surface area contributed by atoms with E-state index in [2.05, 4.69) is 5.32 Å². The van der Waals surface area contributed by atoms with Gasteiger partial charge in [0, 0.05) is 6.54 Å². The number of rotatable bonds is 6. The van der Waals surface area contributed by atoms with Crippen LogP contribution in [0.3, 0.4) is 0 Å². The lowest BCUT2D eigenvalue weighted by Crippen LogP contribution is -2.51. The lowest BCUT2D eigenvalue weighted by Gasteiger charge is -2.36. The predicted molar refractivity (Wildman–Crippen MR) is 136 cm³/mol. The average molecular weight is 463 g/mol. The molecular formula is C30H26N2O3. The number of fused-ring (bicyclic) bond motifs is 1. The average Bonchev–Trinajstić information content (AvgIpc) is 2.93. The largest absolute Gasteiger partial charge is 0.477 e. The third-order valence-corrected chi connectivity index (χ3v) is 6.15. The highest BCUT2D eigenvalue weighted by Gasteiger charge is 2.37. The lowest BCUT2D eigenvalue weighted by molar-refractivity contribution is -0.128. The summed E-state index contributed by atoms with van der Waals surface area (Å²) in [6.45, 7) is 0.526. The monoisotopic (exact) mass is 462 g/mol. The van der Waals surface area contributed by atoms with Crippen LogP contribution in [-0.4, -0.2) is 24.5 Å². The van der Waals surface area contributed by atoms with E-state index in [1.165, 1.54) is 0 Å². The summed E-state index contributed by atoms with van der Waals surface area (Å²) in [6.07, 6.45) is -0.815. The van der Waals surface area contributed by atoms with Gasteiger partial charge in [-0.1, -0.05) is 103 Å². The molecule has 0 aliphatic carbocycles. The molecule has 0 fully saturated rings. The fraction of sp³-hybridized carbons (Fsp3) is 0.133. The summed E-state index contributed by atoms with van der Waals surface area (Å²) in [7, 11) is 0. The van der Waals surface area contributed by atoms with Crippen LogP contribution in [0.25, 0.3) is 0 Å². The Hall–Kier alpha value is -4.38. The number of para-hydroxylation sites is 2. The number of carbonyl (C=O) groups excluding carboxylic acids is 2. The summed E-state index contributed by atoms with van der Waals surface area (Å²) in [6, 6.07) is 36.6. The van der Waals surface area contributed by atoms with E-state index in [9.17, 15) is 9.59 Å². The number of ether oxygens (including phenoxy) is 1. The van der Waals surface area contributed by atoms with Gasteiger partial charge in [0.1, 0.15) is 5.75 Å². The molecule has 0 aromatic heterocycles. The van der Waals surface area contributed by atoms with E-state index >= 15 is 0 Å². The number of benzene rings is 4. The van der Waals surface area contributed by atoms with Crippen LogP contribution < -0.4 is 15.0 Å². The molecule has 2 amide bonds. The predicted octanol–water partition coefficient (Wildman–Crippen LogP) is 4.93. The highest BCUT2D eigenvalue weighted by Crippen LogP contribution is 2.37. The van der Waals surface area contributed by atoms with E-state index in [0.717, 1.165) is 16.7 Å². The van der Waals surface area contributed by atoms with Gasteiger partial charge >= 0.3 is 0 Å². The first kappa shape index (κ1) is 22.4. The maximum absolute atomic E-state index is 14.1. The van der Waals surface area contributed by atoms with Gasteiger partial charge in [-0.15, -0.1) is 0 Å². The first-order chi connectivity index (χ1) is 17.2. The molecule has 174 valence electrons. The minimum absolute atomic E-state index is 0.0981. The summed E-state index contributed by atoms with van der Waals surface area (Å²) in [5.74, 6) is -0.334. The van der Waals surface area contributed by atoms with Crippen LogP contribution >= 0.6 is 0 Å². The summed E-state index contributed by atoms with van der Waals surface area (Å²) >= 11 is 0. The molecular weight excluding hydrogens is 436 g/mol. The smallest absolute Gasteiger partial charge is 0.263 e. The van der Waals surface area contributed by atoms with Crippen molar-refractivity contribution in [2.45, 2.75) is 18.6 Å². The van der Waals surface area contributed by atoms with Crippen molar-refractivity contribution in [2.24, 2.45) is 0 Å². The molecule has 0 radical (unpaired) electrons. The van der Waals surface area contributed by atoms with Gasteiger partial charge in [0.2, 0.25) is 5.91 Å². The lowest BCUT2D eigenvalue weighted by atomic mass is 9.89. The van der Waals surface area contributed by atoms with Crippen molar-refractivity contribution in [2.75, 3.05) is 11.4 Å². The quantitative estimate of drug-likeness (QED) is 0.442. The van der Waals surface area contributed by atoms with Crippen molar-refractivity contribution in [3.8, 4) is 5.75 Å². The number of carbonyl (C=O) groups is 2. The first-order valence-electron chi connectivity index (χ1n) is 11.7. The number of hydrogen-bond acceptors (Lipinski definition) is 3. The number of amides is 2. The molecule has 5 nitrogen and oxygen atoms in total. The molecule has 0 unspecified atom stereocenters. The van der Waals surface area contributed by atoms with Crippen LogP contribution in [0.15, 0.2) is 115 Å². The second-order valence-corrected chi connectivity index (χ2v) is 8.48. The number of hydrogen-bond donors (Lipinski definition) is 1. The number of nitrogens with zero attached hydrogens (tertiary/aromatic N) is 1. The summed E-state index contributed by atoms with van der Waals surface area (Å²) < 4.78 is 6.05. The van der Waals surface area contributed by atoms with Gasteiger partial charge in [-0.05, 0) is 28.8 Å². The third kappa shape index (κ3) is 4.94. The summed E-state index contributed by atoms with van der Waals surface area (Å²) in [4.78, 5) is 28.9. The highest BCUT2D eigenvalue weighted by atomic mass is 16.5. The molecule has 0 bridgehead atoms. The SMILES string of the molecule is O=C(NCc1ccccc1)[C@H]1CN(C(=O)C(c2ccccc2)c2ccccc2)c2ccccc2O1. The van der Waals surface area contributed by atoms with Crippen molar-refractivity contribution in [1.82, 2.24) is 5.32 Å². The van der Waals surface area contributed by atoms with Gasteiger partial charge in [-0.3, -0.25) is 9.59 Å². The maximum atomic E-state index is 14.1. The van der Waals surface area contributed by atoms with E-state index in [-0.39, 0.29) is 18.4 Å². The number of anilines is 1. The zero-order valence-electron chi connectivity index (χ0n) is 19.2. The Labute approximate surface area is 205 Å². The van der Waals surface area contributed by atoms with E-state index in [4.69, 9.17) is 4.74 Å². The van der Waals surface area contributed by atoms with E-state index in [1.807, 2.05) is 109 Å². The van der Waals surface area contributed by atoms with Gasteiger partial charge < -0.3 is 15.0 Å². The highest BCUT2D eigenvalue weighted by molar-refractivity contribution is 6.02. The Bertz CT molecular complexity index is 1250. The molecule has 0 spiro atoms. The molecule has 5 heteroatoms. The van der Waals surface area contributed by atoms with Crippen LogP contribution in [0.5, 0.6) is 5.75 Å². The van der Waals surface area contributed by atoms with Gasteiger partial charge in [0.25, 0.3) is 5.91 Å². The topological polar surface area (TPSA) is 58.6 Å². The van der Waals surface area contributed by atoms with E-state index < -0.39 is 12.0 Å². The Morgan fingerprint density at radius 3 is 1.94 bits per heavy atom. The van der Waals surface area contributed by atoms with Crippen LogP contribution in [0.4, 0.5) is 5.69 Å². The molecule has 0 saturated heterocycles. The molecule has 1 aliphatic heterocycles. The number of nitrogens with one attached hydrogen (secondary N) is 1. The molecule has 35 heavy (non-hydrogen) atoms. The molecule has 4 aromatic rings. The van der Waals surface area contributed by atoms with Crippen LogP contribution in [0.2, 0.25) is 0 Å². The van der Waals surface area contributed by atoms with Crippen molar-refractivity contribution < 1.29 is 14.3 Å². The molecule has 1 aliphatic rings. The van der Waals surface area contributed by atoms with E-state index in [0.29, 0.717) is 18.0 Å². The standard InChI is InChI=1S/C30H26N2O3/c33-29(31-20-22-12-4-1-5-13-22)27-21-32(25-18-10-11-19-26(25)35-27)30(34)28(23-14-6-2-7-15-23)24-16-8-3-9-17-24/h1-19,27-28H,20-21H2,(H,31,33)/t27-/m1/s1. The zero-order valence-corrected chi connectivity index (χ0v) is 19.2. The molecule has 4 aromatic carbocycles. The van der Waals surface area contributed by atoms with Crippen LogP contribution in [0, 0.1) is 0 Å². The van der Waals surface area contributed by atoms with Gasteiger partial charge in [0.15, 0.2) is 6.10 Å². The Morgan fingerprint density at radius 2 is 1.31 bits per heavy atom. The normalized spacial score (nSPS) is 14.7. The van der Waals surface area contributed by atoms with Crippen molar-refractivity contribution in [3.05, 3.63) is 132 Å². The minimum Gasteiger partial charge on any atom is -0.477 e. The molecule has 1 heterocycles. The third-order valence-electron chi connectivity index (χ3n) is 6.15. The second kappa shape index (κ2) is 10.3. The summed E-state index contributed by atoms with van der Waals surface area (Å²) in [5.41, 5.74) is 3.47. The maximum Gasteiger partial charge on any atom is 0.263 e. The second-order valence-electron chi connectivity index (χ2n) is 8.48. The molecule has 1 N–H and O–H groups in total. The van der Waals surface area contributed by atoms with E-state index in [1.54, 1.807) is 11.0 Å². The van der Waals surface area contributed by atoms with Crippen molar-refractivity contribution in [1.29, 1.82) is 0 Å². The van der Waals surface area contributed by atoms with Gasteiger partial charge in [-0.25, -0.2) is 0 Å². The first-order valence-corrected chi connectivity index (χ1v) is 11.7. The summed E-state index contributed by atoms with van der Waals surface area (Å²) in [5, 5.41) is 2.95. The van der Waals surface area contributed by atoms with Crippen LogP contribution in [0.1, 0.15) is 22.6 Å². The molecule has 1 atom stereocenters. The molecule has 5 rings (SSSR count).